The summed E-state index contributed by atoms with van der Waals surface area (Å²) in [7, 11) is 0. The zero-order valence-corrected chi connectivity index (χ0v) is 15.0. The number of hydrogen-bond donors (Lipinski definition) is 3. The van der Waals surface area contributed by atoms with Crippen molar-refractivity contribution in [3.05, 3.63) is 40.9 Å². The van der Waals surface area contributed by atoms with Crippen LogP contribution < -0.4 is 10.6 Å². The van der Waals surface area contributed by atoms with Gasteiger partial charge in [-0.3, -0.25) is 4.79 Å². The average Bonchev–Trinajstić information content (AvgIpc) is 2.98. The number of nitrogens with zero attached hydrogens (tertiary/aromatic N) is 2. The molecule has 2 heterocycles. The number of aryl methyl sites for hydroxylation is 2. The van der Waals surface area contributed by atoms with E-state index in [0.717, 1.165) is 36.3 Å². The van der Waals surface area contributed by atoms with Crippen molar-refractivity contribution in [3.8, 4) is 0 Å². The van der Waals surface area contributed by atoms with Crippen molar-refractivity contribution in [3.63, 3.8) is 0 Å². The molecule has 7 nitrogen and oxygen atoms in total. The van der Waals surface area contributed by atoms with Crippen molar-refractivity contribution < 1.29 is 14.4 Å². The van der Waals surface area contributed by atoms with Gasteiger partial charge in [-0.1, -0.05) is 18.5 Å². The Balaban J connectivity index is 1.96. The van der Waals surface area contributed by atoms with E-state index in [9.17, 15) is 4.79 Å². The summed E-state index contributed by atoms with van der Waals surface area (Å²) in [4.78, 5) is 16.2. The van der Waals surface area contributed by atoms with Crippen molar-refractivity contribution in [2.45, 2.75) is 52.6 Å². The molecule has 0 aliphatic heterocycles. The fourth-order valence-corrected chi connectivity index (χ4v) is 2.37. The molecule has 25 heavy (non-hydrogen) atoms. The van der Waals surface area contributed by atoms with Gasteiger partial charge in [0.2, 0.25) is 0 Å². The van der Waals surface area contributed by atoms with E-state index in [2.05, 4.69) is 27.7 Å². The first-order valence-electron chi connectivity index (χ1n) is 8.60. The third-order valence-electron chi connectivity index (χ3n) is 3.96. The largest absolute Gasteiger partial charge is 0.394 e. The number of hydrogen-bond acceptors (Lipinski definition) is 6. The summed E-state index contributed by atoms with van der Waals surface area (Å²) in [5, 5.41) is 19.0. The van der Waals surface area contributed by atoms with E-state index >= 15 is 0 Å². The molecule has 0 saturated carbocycles. The monoisotopic (exact) mass is 346 g/mol. The number of unbranched alkanes of at least 4 members (excludes halogenated alkanes) is 1. The Morgan fingerprint density at radius 3 is 2.84 bits per heavy atom. The number of aliphatic hydroxyl groups excluding tert-OH is 1. The Labute approximate surface area is 147 Å². The minimum absolute atomic E-state index is 0.0999. The van der Waals surface area contributed by atoms with Crippen LogP contribution in [0.4, 0.5) is 5.82 Å². The smallest absolute Gasteiger partial charge is 0.253 e. The van der Waals surface area contributed by atoms with Gasteiger partial charge in [-0.25, -0.2) is 4.98 Å². The van der Waals surface area contributed by atoms with Crippen LogP contribution in [0.25, 0.3) is 0 Å². The van der Waals surface area contributed by atoms with Crippen molar-refractivity contribution >= 4 is 11.7 Å². The third kappa shape index (κ3) is 5.29. The van der Waals surface area contributed by atoms with Crippen molar-refractivity contribution in [2.24, 2.45) is 0 Å². The molecule has 1 amide bonds. The molecular formula is C18H26N4O3. The summed E-state index contributed by atoms with van der Waals surface area (Å²) in [5.74, 6) is 1.23. The standard InChI is InChI=1S/C18H26N4O3/c1-4-5-6-16-15(13(3)25-22-16)10-20-17-8-7-14(9-19-17)18(24)21-12(2)11-23/h7-9,12,23H,4-6,10-11H2,1-3H3,(H,19,20)(H,21,24). The molecule has 0 spiro atoms. The van der Waals surface area contributed by atoms with E-state index in [1.807, 2.05) is 6.92 Å². The SMILES string of the molecule is CCCCc1noc(C)c1CNc1ccc(C(=O)NC(C)CO)cn1. The number of aliphatic hydroxyl groups is 1. The molecule has 7 heteroatoms. The molecule has 0 aliphatic carbocycles. The molecule has 0 bridgehead atoms. The summed E-state index contributed by atoms with van der Waals surface area (Å²) in [6.45, 7) is 6.26. The first-order valence-corrected chi connectivity index (χ1v) is 8.60. The van der Waals surface area contributed by atoms with Crippen LogP contribution in [0.5, 0.6) is 0 Å². The zero-order valence-electron chi connectivity index (χ0n) is 15.0. The van der Waals surface area contributed by atoms with Gasteiger partial charge in [0.05, 0.1) is 17.9 Å². The second-order valence-corrected chi connectivity index (χ2v) is 6.11. The molecule has 0 fully saturated rings. The van der Waals surface area contributed by atoms with Gasteiger partial charge in [0.25, 0.3) is 5.91 Å². The second kappa shape index (κ2) is 9.17. The van der Waals surface area contributed by atoms with Crippen molar-refractivity contribution in [1.29, 1.82) is 0 Å². The first kappa shape index (κ1) is 18.9. The van der Waals surface area contributed by atoms with Crippen molar-refractivity contribution in [2.75, 3.05) is 11.9 Å². The van der Waals surface area contributed by atoms with E-state index in [1.165, 1.54) is 6.20 Å². The van der Waals surface area contributed by atoms with Crippen LogP contribution in [-0.4, -0.2) is 33.8 Å². The van der Waals surface area contributed by atoms with Crippen LogP contribution in [0.3, 0.4) is 0 Å². The van der Waals surface area contributed by atoms with Crippen LogP contribution in [0.2, 0.25) is 0 Å². The minimum atomic E-state index is -0.289. The molecule has 0 aromatic carbocycles. The number of rotatable bonds is 9. The Kier molecular flexibility index (Phi) is 6.94. The fraction of sp³-hybridized carbons (Fsp3) is 0.500. The molecule has 2 aromatic rings. The Hall–Kier alpha value is -2.41. The maximum Gasteiger partial charge on any atom is 0.253 e. The lowest BCUT2D eigenvalue weighted by atomic mass is 10.1. The number of nitrogens with one attached hydrogen (secondary N) is 2. The molecule has 0 aliphatic rings. The van der Waals surface area contributed by atoms with Gasteiger partial charge in [0, 0.05) is 24.3 Å². The summed E-state index contributed by atoms with van der Waals surface area (Å²) < 4.78 is 5.30. The number of pyridine rings is 1. The Morgan fingerprint density at radius 1 is 1.40 bits per heavy atom. The number of anilines is 1. The summed E-state index contributed by atoms with van der Waals surface area (Å²) >= 11 is 0. The van der Waals surface area contributed by atoms with Gasteiger partial charge < -0.3 is 20.3 Å². The van der Waals surface area contributed by atoms with E-state index in [1.54, 1.807) is 19.1 Å². The molecule has 2 rings (SSSR count). The van der Waals surface area contributed by atoms with Crippen LogP contribution in [-0.2, 0) is 13.0 Å². The lowest BCUT2D eigenvalue weighted by molar-refractivity contribution is 0.0922. The summed E-state index contributed by atoms with van der Waals surface area (Å²) in [6.07, 6.45) is 4.60. The highest BCUT2D eigenvalue weighted by Gasteiger charge is 2.13. The predicted octanol–water partition coefficient (Wildman–Crippen LogP) is 2.44. The fourth-order valence-electron chi connectivity index (χ4n) is 2.37. The second-order valence-electron chi connectivity index (χ2n) is 6.11. The number of amides is 1. The van der Waals surface area contributed by atoms with Crippen LogP contribution in [0.15, 0.2) is 22.9 Å². The molecule has 0 radical (unpaired) electrons. The van der Waals surface area contributed by atoms with E-state index in [0.29, 0.717) is 17.9 Å². The van der Waals surface area contributed by atoms with Crippen LogP contribution in [0.1, 0.15) is 54.1 Å². The van der Waals surface area contributed by atoms with Gasteiger partial charge in [-0.2, -0.15) is 0 Å². The lowest BCUT2D eigenvalue weighted by Crippen LogP contribution is -2.35. The lowest BCUT2D eigenvalue weighted by Gasteiger charge is -2.11. The molecule has 3 N–H and O–H groups in total. The molecule has 1 atom stereocenters. The Bertz CT molecular complexity index is 682. The maximum atomic E-state index is 12.0. The van der Waals surface area contributed by atoms with Crippen LogP contribution in [0, 0.1) is 6.92 Å². The number of carbonyl (C=O) groups excluding carboxylic acids is 1. The molecule has 2 aromatic heterocycles. The molecular weight excluding hydrogens is 320 g/mol. The third-order valence-corrected chi connectivity index (χ3v) is 3.96. The first-order chi connectivity index (χ1) is 12.0. The topological polar surface area (TPSA) is 100 Å². The molecule has 1 unspecified atom stereocenters. The maximum absolute atomic E-state index is 12.0. The predicted molar refractivity (Wildman–Crippen MR) is 95.4 cm³/mol. The minimum Gasteiger partial charge on any atom is -0.394 e. The number of aromatic nitrogens is 2. The van der Waals surface area contributed by atoms with Gasteiger partial charge in [0.1, 0.15) is 11.6 Å². The number of carbonyl (C=O) groups is 1. The molecule has 136 valence electrons. The Morgan fingerprint density at radius 2 is 2.20 bits per heavy atom. The highest BCUT2D eigenvalue weighted by atomic mass is 16.5. The van der Waals surface area contributed by atoms with E-state index in [-0.39, 0.29) is 18.6 Å². The van der Waals surface area contributed by atoms with Gasteiger partial charge >= 0.3 is 0 Å². The van der Waals surface area contributed by atoms with E-state index < -0.39 is 0 Å². The summed E-state index contributed by atoms with van der Waals surface area (Å²) in [6, 6.07) is 3.17. The van der Waals surface area contributed by atoms with Crippen molar-refractivity contribution in [1.82, 2.24) is 15.5 Å². The highest BCUT2D eigenvalue weighted by molar-refractivity contribution is 5.94. The van der Waals surface area contributed by atoms with E-state index in [4.69, 9.17) is 9.63 Å². The summed E-state index contributed by atoms with van der Waals surface area (Å²) in [5.41, 5.74) is 2.50. The quantitative estimate of drug-likeness (QED) is 0.645. The normalized spacial score (nSPS) is 12.0. The molecule has 0 saturated heterocycles. The van der Waals surface area contributed by atoms with Gasteiger partial charge in [-0.15, -0.1) is 0 Å². The van der Waals surface area contributed by atoms with Gasteiger partial charge in [0.15, 0.2) is 0 Å². The zero-order chi connectivity index (χ0) is 18.2. The van der Waals surface area contributed by atoms with Gasteiger partial charge in [-0.05, 0) is 38.8 Å². The van der Waals surface area contributed by atoms with Crippen LogP contribution >= 0.6 is 0 Å². The average molecular weight is 346 g/mol. The highest BCUT2D eigenvalue weighted by Crippen LogP contribution is 2.17.